The van der Waals surface area contributed by atoms with Crippen LogP contribution in [-0.2, 0) is 4.79 Å². The summed E-state index contributed by atoms with van der Waals surface area (Å²) in [5.74, 6) is 0.104. The van der Waals surface area contributed by atoms with E-state index in [1.165, 1.54) is 32.1 Å². The zero-order valence-corrected chi connectivity index (χ0v) is 11.2. The van der Waals surface area contributed by atoms with E-state index in [2.05, 4.69) is 22.9 Å². The number of nitrogens with zero attached hydrogens (tertiary/aromatic N) is 1. The molecule has 1 aromatic carbocycles. The maximum Gasteiger partial charge on any atom is 0.240 e. The number of rotatable bonds is 3. The van der Waals surface area contributed by atoms with Crippen LogP contribution in [0.2, 0.25) is 0 Å². The van der Waals surface area contributed by atoms with Gasteiger partial charge in [0.1, 0.15) is 0 Å². The zero-order valence-electron chi connectivity index (χ0n) is 11.2. The van der Waals surface area contributed by atoms with Crippen molar-refractivity contribution in [1.82, 2.24) is 5.43 Å². The van der Waals surface area contributed by atoms with E-state index in [0.29, 0.717) is 12.5 Å². The smallest absolute Gasteiger partial charge is 0.240 e. The molecule has 2 aliphatic rings. The molecule has 1 aromatic rings. The molecule has 1 heterocycles. The highest BCUT2D eigenvalue weighted by atomic mass is 16.2. The lowest BCUT2D eigenvalue weighted by Gasteiger charge is -2.27. The maximum absolute atomic E-state index is 11.4. The number of para-hydroxylation sites is 2. The van der Waals surface area contributed by atoms with E-state index in [4.69, 9.17) is 0 Å². The Morgan fingerprint density at radius 2 is 1.95 bits per heavy atom. The van der Waals surface area contributed by atoms with E-state index >= 15 is 0 Å². The molecule has 2 fully saturated rings. The van der Waals surface area contributed by atoms with Crippen molar-refractivity contribution in [3.05, 3.63) is 24.3 Å². The maximum atomic E-state index is 11.4. The van der Waals surface area contributed by atoms with Crippen molar-refractivity contribution in [2.75, 3.05) is 16.9 Å². The van der Waals surface area contributed by atoms with Crippen LogP contribution < -0.4 is 15.8 Å². The number of nitrogens with one attached hydrogen (secondary N) is 2. The molecule has 19 heavy (non-hydrogen) atoms. The monoisotopic (exact) mass is 259 g/mol. The van der Waals surface area contributed by atoms with Crippen LogP contribution in [-0.4, -0.2) is 18.5 Å². The SMILES string of the molecule is O=C1CCN(c2ccccc2NC2CCCCC2)N1. The molecule has 0 spiro atoms. The highest BCUT2D eigenvalue weighted by Gasteiger charge is 2.22. The van der Waals surface area contributed by atoms with E-state index in [0.717, 1.165) is 17.9 Å². The number of benzene rings is 1. The average Bonchev–Trinajstić information content (AvgIpc) is 2.87. The summed E-state index contributed by atoms with van der Waals surface area (Å²) < 4.78 is 0. The number of amides is 1. The highest BCUT2D eigenvalue weighted by Crippen LogP contribution is 2.29. The number of anilines is 2. The van der Waals surface area contributed by atoms with Gasteiger partial charge in [-0.25, -0.2) is 0 Å². The third-order valence-electron chi connectivity index (χ3n) is 3.98. The second-order valence-corrected chi connectivity index (χ2v) is 5.43. The highest BCUT2D eigenvalue weighted by molar-refractivity contribution is 5.84. The summed E-state index contributed by atoms with van der Waals surface area (Å²) in [7, 11) is 0. The van der Waals surface area contributed by atoms with Gasteiger partial charge in [0, 0.05) is 19.0 Å². The number of hydrazine groups is 1. The van der Waals surface area contributed by atoms with Crippen molar-refractivity contribution < 1.29 is 4.79 Å². The molecule has 4 nitrogen and oxygen atoms in total. The van der Waals surface area contributed by atoms with Gasteiger partial charge in [-0.2, -0.15) is 0 Å². The van der Waals surface area contributed by atoms with Crippen LogP contribution in [0, 0.1) is 0 Å². The molecule has 1 aliphatic carbocycles. The molecular formula is C15H21N3O. The van der Waals surface area contributed by atoms with E-state index in [-0.39, 0.29) is 5.91 Å². The van der Waals surface area contributed by atoms with Gasteiger partial charge in [-0.05, 0) is 25.0 Å². The molecule has 1 saturated heterocycles. The molecule has 4 heteroatoms. The van der Waals surface area contributed by atoms with E-state index in [9.17, 15) is 4.79 Å². The van der Waals surface area contributed by atoms with Crippen molar-refractivity contribution >= 4 is 17.3 Å². The summed E-state index contributed by atoms with van der Waals surface area (Å²) in [6.45, 7) is 0.752. The minimum Gasteiger partial charge on any atom is -0.381 e. The lowest BCUT2D eigenvalue weighted by Crippen LogP contribution is -2.34. The third kappa shape index (κ3) is 2.83. The Morgan fingerprint density at radius 1 is 1.16 bits per heavy atom. The van der Waals surface area contributed by atoms with Gasteiger partial charge in [0.2, 0.25) is 5.91 Å². The third-order valence-corrected chi connectivity index (χ3v) is 3.98. The summed E-state index contributed by atoms with van der Waals surface area (Å²) in [4.78, 5) is 11.4. The van der Waals surface area contributed by atoms with Crippen molar-refractivity contribution in [2.45, 2.75) is 44.6 Å². The molecule has 1 saturated carbocycles. The summed E-state index contributed by atoms with van der Waals surface area (Å²) in [5.41, 5.74) is 5.12. The Hall–Kier alpha value is -1.71. The Morgan fingerprint density at radius 3 is 2.68 bits per heavy atom. The molecule has 0 unspecified atom stereocenters. The minimum absolute atomic E-state index is 0.104. The van der Waals surface area contributed by atoms with Crippen LogP contribution in [0.5, 0.6) is 0 Å². The normalized spacial score (nSPS) is 20.4. The summed E-state index contributed by atoms with van der Waals surface area (Å²) in [6, 6.07) is 8.82. The Balaban J connectivity index is 1.75. The van der Waals surface area contributed by atoms with Gasteiger partial charge in [0.05, 0.1) is 11.4 Å². The van der Waals surface area contributed by atoms with E-state index in [1.54, 1.807) is 0 Å². The topological polar surface area (TPSA) is 44.4 Å². The summed E-state index contributed by atoms with van der Waals surface area (Å²) >= 11 is 0. The minimum atomic E-state index is 0.104. The quantitative estimate of drug-likeness (QED) is 0.877. The van der Waals surface area contributed by atoms with Crippen molar-refractivity contribution in [3.8, 4) is 0 Å². The Bertz CT molecular complexity index is 454. The molecule has 1 amide bonds. The molecule has 0 bridgehead atoms. The van der Waals surface area contributed by atoms with Gasteiger partial charge < -0.3 is 5.32 Å². The fourth-order valence-corrected chi connectivity index (χ4v) is 2.95. The molecule has 0 atom stereocenters. The molecule has 102 valence electrons. The van der Waals surface area contributed by atoms with Gasteiger partial charge in [-0.1, -0.05) is 31.4 Å². The van der Waals surface area contributed by atoms with Gasteiger partial charge in [-0.3, -0.25) is 15.2 Å². The molecular weight excluding hydrogens is 238 g/mol. The van der Waals surface area contributed by atoms with E-state index < -0.39 is 0 Å². The average molecular weight is 259 g/mol. The Labute approximate surface area is 114 Å². The summed E-state index contributed by atoms with van der Waals surface area (Å²) in [6.07, 6.45) is 7.09. The largest absolute Gasteiger partial charge is 0.381 e. The number of carbonyl (C=O) groups is 1. The van der Waals surface area contributed by atoms with Gasteiger partial charge in [0.15, 0.2) is 0 Å². The molecule has 2 N–H and O–H groups in total. The fourth-order valence-electron chi connectivity index (χ4n) is 2.95. The van der Waals surface area contributed by atoms with Crippen LogP contribution in [0.25, 0.3) is 0 Å². The second kappa shape index (κ2) is 5.51. The molecule has 0 radical (unpaired) electrons. The lowest BCUT2D eigenvalue weighted by atomic mass is 9.95. The van der Waals surface area contributed by atoms with E-state index in [1.807, 2.05) is 17.1 Å². The first-order chi connectivity index (χ1) is 9.33. The van der Waals surface area contributed by atoms with Crippen LogP contribution in [0.1, 0.15) is 38.5 Å². The predicted molar refractivity (Wildman–Crippen MR) is 77.0 cm³/mol. The molecule has 1 aliphatic heterocycles. The van der Waals surface area contributed by atoms with Crippen LogP contribution >= 0.6 is 0 Å². The first-order valence-electron chi connectivity index (χ1n) is 7.25. The lowest BCUT2D eigenvalue weighted by molar-refractivity contribution is -0.119. The second-order valence-electron chi connectivity index (χ2n) is 5.43. The fraction of sp³-hybridized carbons (Fsp3) is 0.533. The van der Waals surface area contributed by atoms with Gasteiger partial charge >= 0.3 is 0 Å². The van der Waals surface area contributed by atoms with Gasteiger partial charge in [0.25, 0.3) is 0 Å². The van der Waals surface area contributed by atoms with Gasteiger partial charge in [-0.15, -0.1) is 0 Å². The van der Waals surface area contributed by atoms with Crippen molar-refractivity contribution in [1.29, 1.82) is 0 Å². The molecule has 0 aromatic heterocycles. The first-order valence-corrected chi connectivity index (χ1v) is 7.25. The number of hydrogen-bond acceptors (Lipinski definition) is 3. The first kappa shape index (κ1) is 12.3. The van der Waals surface area contributed by atoms with Crippen LogP contribution in [0.4, 0.5) is 11.4 Å². The number of hydrogen-bond donors (Lipinski definition) is 2. The van der Waals surface area contributed by atoms with Crippen molar-refractivity contribution in [2.24, 2.45) is 0 Å². The standard InChI is InChI=1S/C15H21N3O/c19-15-10-11-18(17-15)14-9-5-4-8-13(14)16-12-6-2-1-3-7-12/h4-5,8-9,12,16H,1-3,6-7,10-11H2,(H,17,19). The van der Waals surface area contributed by atoms with Crippen LogP contribution in [0.3, 0.4) is 0 Å². The van der Waals surface area contributed by atoms with Crippen LogP contribution in [0.15, 0.2) is 24.3 Å². The Kier molecular flexibility index (Phi) is 3.58. The number of carbonyl (C=O) groups excluding carboxylic acids is 1. The van der Waals surface area contributed by atoms with Crippen molar-refractivity contribution in [3.63, 3.8) is 0 Å². The zero-order chi connectivity index (χ0) is 13.1. The molecule has 3 rings (SSSR count). The predicted octanol–water partition coefficient (Wildman–Crippen LogP) is 2.67. The summed E-state index contributed by atoms with van der Waals surface area (Å²) in [5, 5.41) is 5.60.